The normalized spacial score (nSPS) is 10.8. The van der Waals surface area contributed by atoms with E-state index < -0.39 is 0 Å². The first-order valence-electron chi connectivity index (χ1n) is 9.38. The molecule has 2 rings (SSSR count). The maximum absolute atomic E-state index is 12.5. The summed E-state index contributed by atoms with van der Waals surface area (Å²) in [4.78, 5) is 14.5. The lowest BCUT2D eigenvalue weighted by atomic mass is 10.0. The van der Waals surface area contributed by atoms with E-state index in [1.807, 2.05) is 43.1 Å². The third-order valence-electron chi connectivity index (χ3n) is 4.36. The van der Waals surface area contributed by atoms with Crippen LogP contribution in [-0.4, -0.2) is 31.0 Å². The van der Waals surface area contributed by atoms with Crippen LogP contribution >= 0.6 is 0 Å². The van der Waals surface area contributed by atoms with Gasteiger partial charge in [-0.05, 0) is 55.6 Å². The molecule has 0 bridgehead atoms. The van der Waals surface area contributed by atoms with Gasteiger partial charge in [0, 0.05) is 12.2 Å². The summed E-state index contributed by atoms with van der Waals surface area (Å²) >= 11 is 0. The molecule has 2 aromatic carbocycles. The second-order valence-electron chi connectivity index (χ2n) is 6.46. The van der Waals surface area contributed by atoms with Crippen LogP contribution in [0.1, 0.15) is 37.5 Å². The SMILES string of the molecule is CCOc1ccc(CN(C)CC(=O)Nc2c(CC)cccc2CC)cc1. The van der Waals surface area contributed by atoms with Crippen LogP contribution in [0.15, 0.2) is 42.5 Å². The minimum Gasteiger partial charge on any atom is -0.494 e. The molecule has 0 saturated heterocycles. The average molecular weight is 354 g/mol. The average Bonchev–Trinajstić information content (AvgIpc) is 2.63. The molecule has 0 unspecified atom stereocenters. The summed E-state index contributed by atoms with van der Waals surface area (Å²) in [6.45, 7) is 7.94. The molecule has 0 atom stereocenters. The van der Waals surface area contributed by atoms with Crippen molar-refractivity contribution in [2.45, 2.75) is 40.2 Å². The van der Waals surface area contributed by atoms with Crippen LogP contribution in [0.5, 0.6) is 5.75 Å². The van der Waals surface area contributed by atoms with Gasteiger partial charge in [-0.1, -0.05) is 44.2 Å². The Morgan fingerprint density at radius 2 is 1.62 bits per heavy atom. The number of aryl methyl sites for hydroxylation is 2. The molecule has 0 aliphatic rings. The molecule has 140 valence electrons. The number of rotatable bonds is 9. The number of benzene rings is 2. The highest BCUT2D eigenvalue weighted by Gasteiger charge is 2.12. The number of hydrogen-bond acceptors (Lipinski definition) is 3. The van der Waals surface area contributed by atoms with Crippen LogP contribution in [0, 0.1) is 0 Å². The van der Waals surface area contributed by atoms with Crippen molar-refractivity contribution in [3.05, 3.63) is 59.2 Å². The molecule has 0 radical (unpaired) electrons. The third kappa shape index (κ3) is 5.60. The van der Waals surface area contributed by atoms with Crippen molar-refractivity contribution >= 4 is 11.6 Å². The highest BCUT2D eigenvalue weighted by molar-refractivity contribution is 5.93. The zero-order chi connectivity index (χ0) is 18.9. The fourth-order valence-electron chi connectivity index (χ4n) is 3.05. The van der Waals surface area contributed by atoms with Crippen molar-refractivity contribution in [2.24, 2.45) is 0 Å². The lowest BCUT2D eigenvalue weighted by molar-refractivity contribution is -0.117. The van der Waals surface area contributed by atoms with Crippen molar-refractivity contribution in [3.63, 3.8) is 0 Å². The van der Waals surface area contributed by atoms with Crippen LogP contribution in [0.4, 0.5) is 5.69 Å². The predicted molar refractivity (Wildman–Crippen MR) is 108 cm³/mol. The highest BCUT2D eigenvalue weighted by Crippen LogP contribution is 2.22. The largest absolute Gasteiger partial charge is 0.494 e. The van der Waals surface area contributed by atoms with Gasteiger partial charge < -0.3 is 10.1 Å². The number of carbonyl (C=O) groups is 1. The standard InChI is InChI=1S/C22H30N2O2/c1-5-18-9-8-10-19(6-2)22(18)23-21(25)16-24(4)15-17-11-13-20(14-12-17)26-7-3/h8-14H,5-7,15-16H2,1-4H3,(H,23,25). The molecule has 0 heterocycles. The molecule has 4 nitrogen and oxygen atoms in total. The Labute approximate surface area is 157 Å². The first-order valence-corrected chi connectivity index (χ1v) is 9.38. The van der Waals surface area contributed by atoms with Crippen molar-refractivity contribution in [2.75, 3.05) is 25.5 Å². The number of amides is 1. The van der Waals surface area contributed by atoms with E-state index in [9.17, 15) is 4.79 Å². The summed E-state index contributed by atoms with van der Waals surface area (Å²) in [5.41, 5.74) is 4.52. The van der Waals surface area contributed by atoms with Crippen molar-refractivity contribution < 1.29 is 9.53 Å². The highest BCUT2D eigenvalue weighted by atomic mass is 16.5. The summed E-state index contributed by atoms with van der Waals surface area (Å²) in [6.07, 6.45) is 1.82. The van der Waals surface area contributed by atoms with Crippen LogP contribution in [0.25, 0.3) is 0 Å². The molecule has 0 aromatic heterocycles. The number of likely N-dealkylation sites (N-methyl/N-ethyl adjacent to an activating group) is 1. The third-order valence-corrected chi connectivity index (χ3v) is 4.36. The maximum Gasteiger partial charge on any atom is 0.238 e. The van der Waals surface area contributed by atoms with Gasteiger partial charge in [-0.25, -0.2) is 0 Å². The molecule has 0 aliphatic carbocycles. The molecule has 0 spiro atoms. The van der Waals surface area contributed by atoms with Crippen LogP contribution in [0.3, 0.4) is 0 Å². The number of nitrogens with zero attached hydrogens (tertiary/aromatic N) is 1. The maximum atomic E-state index is 12.5. The minimum absolute atomic E-state index is 0.0223. The zero-order valence-electron chi connectivity index (χ0n) is 16.3. The Morgan fingerprint density at radius 1 is 1.00 bits per heavy atom. The Bertz CT molecular complexity index is 688. The molecule has 2 aromatic rings. The fraction of sp³-hybridized carbons (Fsp3) is 0.409. The van der Waals surface area contributed by atoms with E-state index in [1.165, 1.54) is 11.1 Å². The van der Waals surface area contributed by atoms with Crippen LogP contribution in [-0.2, 0) is 24.2 Å². The molecule has 1 N–H and O–H groups in total. The molecule has 26 heavy (non-hydrogen) atoms. The predicted octanol–water partition coefficient (Wildman–Crippen LogP) is 4.28. The van der Waals surface area contributed by atoms with E-state index in [2.05, 4.69) is 37.4 Å². The Kier molecular flexibility index (Phi) is 7.67. The Balaban J connectivity index is 1.95. The number of nitrogens with one attached hydrogen (secondary N) is 1. The summed E-state index contributed by atoms with van der Waals surface area (Å²) in [5, 5.41) is 3.12. The van der Waals surface area contributed by atoms with Gasteiger partial charge in [0.15, 0.2) is 0 Å². The van der Waals surface area contributed by atoms with Crippen LogP contribution in [0.2, 0.25) is 0 Å². The van der Waals surface area contributed by atoms with Gasteiger partial charge in [0.25, 0.3) is 0 Å². The van der Waals surface area contributed by atoms with E-state index in [4.69, 9.17) is 4.74 Å². The Hall–Kier alpha value is -2.33. The molecule has 0 fully saturated rings. The smallest absolute Gasteiger partial charge is 0.238 e. The molecule has 4 heteroatoms. The van der Waals surface area contributed by atoms with E-state index in [1.54, 1.807) is 0 Å². The summed E-state index contributed by atoms with van der Waals surface area (Å²) in [5.74, 6) is 0.897. The number of ether oxygens (including phenoxy) is 1. The summed E-state index contributed by atoms with van der Waals surface area (Å²) in [6, 6.07) is 14.2. The Morgan fingerprint density at radius 3 is 2.15 bits per heavy atom. The van der Waals surface area contributed by atoms with Gasteiger partial charge in [0.05, 0.1) is 13.2 Å². The van der Waals surface area contributed by atoms with E-state index in [0.717, 1.165) is 36.4 Å². The summed E-state index contributed by atoms with van der Waals surface area (Å²) < 4.78 is 5.46. The van der Waals surface area contributed by atoms with E-state index in [0.29, 0.717) is 13.2 Å². The number of hydrogen-bond donors (Lipinski definition) is 1. The van der Waals surface area contributed by atoms with Gasteiger partial charge in [-0.2, -0.15) is 0 Å². The monoisotopic (exact) mass is 354 g/mol. The molecular formula is C22H30N2O2. The second kappa shape index (κ2) is 9.97. The lowest BCUT2D eigenvalue weighted by Crippen LogP contribution is -2.30. The second-order valence-corrected chi connectivity index (χ2v) is 6.46. The first kappa shape index (κ1) is 20.0. The lowest BCUT2D eigenvalue weighted by Gasteiger charge is -2.19. The topological polar surface area (TPSA) is 41.6 Å². The molecular weight excluding hydrogens is 324 g/mol. The van der Waals surface area contributed by atoms with Gasteiger partial charge in [0.1, 0.15) is 5.75 Å². The van der Waals surface area contributed by atoms with Gasteiger partial charge >= 0.3 is 0 Å². The van der Waals surface area contributed by atoms with Crippen molar-refractivity contribution in [1.29, 1.82) is 0 Å². The van der Waals surface area contributed by atoms with Gasteiger partial charge in [0.2, 0.25) is 5.91 Å². The first-order chi connectivity index (χ1) is 12.6. The molecule has 0 saturated carbocycles. The number of carbonyl (C=O) groups excluding carboxylic acids is 1. The van der Waals surface area contributed by atoms with E-state index in [-0.39, 0.29) is 5.91 Å². The molecule has 0 aliphatic heterocycles. The van der Waals surface area contributed by atoms with E-state index >= 15 is 0 Å². The quantitative estimate of drug-likeness (QED) is 0.731. The number of anilines is 1. The molecule has 1 amide bonds. The zero-order valence-corrected chi connectivity index (χ0v) is 16.3. The van der Waals surface area contributed by atoms with Gasteiger partial charge in [-0.15, -0.1) is 0 Å². The fourth-order valence-corrected chi connectivity index (χ4v) is 3.05. The number of para-hydroxylation sites is 1. The van der Waals surface area contributed by atoms with Crippen LogP contribution < -0.4 is 10.1 Å². The minimum atomic E-state index is 0.0223. The summed E-state index contributed by atoms with van der Waals surface area (Å²) in [7, 11) is 1.96. The van der Waals surface area contributed by atoms with Crippen molar-refractivity contribution in [1.82, 2.24) is 4.90 Å². The van der Waals surface area contributed by atoms with Gasteiger partial charge in [-0.3, -0.25) is 9.69 Å². The van der Waals surface area contributed by atoms with Crippen molar-refractivity contribution in [3.8, 4) is 5.75 Å².